The summed E-state index contributed by atoms with van der Waals surface area (Å²) >= 11 is 0. The fourth-order valence-corrected chi connectivity index (χ4v) is 3.29. The Hall–Kier alpha value is -2.13. The van der Waals surface area contributed by atoms with Crippen LogP contribution >= 0.6 is 0 Å². The zero-order valence-corrected chi connectivity index (χ0v) is 20.1. The molecule has 30 heavy (non-hydrogen) atoms. The fraction of sp³-hybridized carbons (Fsp3) is 0.519. The van der Waals surface area contributed by atoms with Crippen LogP contribution in [0.2, 0.25) is 0 Å². The minimum absolute atomic E-state index is 0.00290. The van der Waals surface area contributed by atoms with Gasteiger partial charge in [0.25, 0.3) is 5.91 Å². The summed E-state index contributed by atoms with van der Waals surface area (Å²) < 4.78 is 0. The van der Waals surface area contributed by atoms with Crippen LogP contribution in [0.1, 0.15) is 83.1 Å². The van der Waals surface area contributed by atoms with E-state index >= 15 is 0 Å². The van der Waals surface area contributed by atoms with Gasteiger partial charge < -0.3 is 10.2 Å². The number of nitrogens with zero attached hydrogens (tertiary/aromatic N) is 1. The van der Waals surface area contributed by atoms with E-state index in [1.54, 1.807) is 0 Å². The van der Waals surface area contributed by atoms with Crippen molar-refractivity contribution in [3.8, 4) is 0 Å². The van der Waals surface area contributed by atoms with Gasteiger partial charge in [-0.1, -0.05) is 60.9 Å². The Labute approximate surface area is 184 Å². The van der Waals surface area contributed by atoms with Crippen molar-refractivity contribution in [1.82, 2.24) is 10.2 Å². The van der Waals surface area contributed by atoms with E-state index in [0.29, 0.717) is 6.54 Å². The molecule has 1 rings (SSSR count). The first kappa shape index (κ1) is 25.9. The van der Waals surface area contributed by atoms with E-state index in [2.05, 4.69) is 70.0 Å². The highest BCUT2D eigenvalue weighted by Crippen LogP contribution is 2.15. The molecule has 3 heteroatoms. The molecule has 0 saturated carbocycles. The smallest absolute Gasteiger partial charge is 0.251 e. The van der Waals surface area contributed by atoms with Crippen LogP contribution in [0.25, 0.3) is 6.08 Å². The highest BCUT2D eigenvalue weighted by Gasteiger charge is 2.05. The third-order valence-electron chi connectivity index (χ3n) is 5.32. The molecule has 0 fully saturated rings. The Morgan fingerprint density at radius 1 is 0.900 bits per heavy atom. The Balaban J connectivity index is 2.47. The van der Waals surface area contributed by atoms with Crippen molar-refractivity contribution in [3.05, 3.63) is 64.3 Å². The Kier molecular flexibility index (Phi) is 12.8. The molecule has 0 aliphatic carbocycles. The molecular formula is C27H42N2O. The monoisotopic (exact) mass is 410 g/mol. The summed E-state index contributed by atoms with van der Waals surface area (Å²) in [7, 11) is 0. The first-order valence-corrected chi connectivity index (χ1v) is 11.4. The normalized spacial score (nSPS) is 12.2. The van der Waals surface area contributed by atoms with Gasteiger partial charge >= 0.3 is 0 Å². The summed E-state index contributed by atoms with van der Waals surface area (Å²) in [5, 5.41) is 3.01. The van der Waals surface area contributed by atoms with Gasteiger partial charge in [0, 0.05) is 18.7 Å². The van der Waals surface area contributed by atoms with Gasteiger partial charge in [-0.3, -0.25) is 4.79 Å². The highest BCUT2D eigenvalue weighted by atomic mass is 16.1. The summed E-state index contributed by atoms with van der Waals surface area (Å²) in [6.45, 7) is 16.6. The quantitative estimate of drug-likeness (QED) is 0.370. The molecule has 0 bridgehead atoms. The van der Waals surface area contributed by atoms with E-state index in [1.807, 2.05) is 24.3 Å². The summed E-state index contributed by atoms with van der Waals surface area (Å²) in [5.74, 6) is 0.00290. The molecule has 0 radical (unpaired) electrons. The van der Waals surface area contributed by atoms with Gasteiger partial charge in [0.05, 0.1) is 0 Å². The number of hydrogen-bond acceptors (Lipinski definition) is 2. The zero-order valence-electron chi connectivity index (χ0n) is 20.1. The van der Waals surface area contributed by atoms with Crippen molar-refractivity contribution in [1.29, 1.82) is 0 Å². The van der Waals surface area contributed by atoms with Gasteiger partial charge in [-0.2, -0.15) is 0 Å². The predicted octanol–water partition coefficient (Wildman–Crippen LogP) is 6.63. The van der Waals surface area contributed by atoms with Crippen molar-refractivity contribution >= 4 is 12.0 Å². The number of hydrogen-bond donors (Lipinski definition) is 1. The van der Waals surface area contributed by atoms with Gasteiger partial charge in [-0.25, -0.2) is 0 Å². The molecule has 3 nitrogen and oxygen atoms in total. The molecule has 1 N–H and O–H groups in total. The molecule has 1 aromatic rings. The lowest BCUT2D eigenvalue weighted by molar-refractivity contribution is 0.0949. The summed E-state index contributed by atoms with van der Waals surface area (Å²) in [5.41, 5.74) is 6.09. The third kappa shape index (κ3) is 11.2. The summed E-state index contributed by atoms with van der Waals surface area (Å²) in [4.78, 5) is 14.6. The van der Waals surface area contributed by atoms with E-state index in [0.717, 1.165) is 56.4 Å². The van der Waals surface area contributed by atoms with Crippen LogP contribution in [0.3, 0.4) is 0 Å². The number of benzene rings is 1. The maximum Gasteiger partial charge on any atom is 0.251 e. The standard InChI is InChI=1S/C27H42N2O/c1-7-29(8-2)20-19-28-27(30)26-17-15-25(16-18-26)21-24(6)14-10-13-23(5)12-9-11-22(3)4/h11,13,15-18,21H,7-10,12,14,19-20H2,1-6H3,(H,28,30). The van der Waals surface area contributed by atoms with Crippen molar-refractivity contribution in [3.63, 3.8) is 0 Å². The second-order valence-corrected chi connectivity index (χ2v) is 8.30. The van der Waals surface area contributed by atoms with Crippen molar-refractivity contribution in [2.75, 3.05) is 26.2 Å². The lowest BCUT2D eigenvalue weighted by Crippen LogP contribution is -2.34. The molecule has 0 aliphatic heterocycles. The predicted molar refractivity (Wildman–Crippen MR) is 132 cm³/mol. The minimum atomic E-state index is 0.00290. The maximum atomic E-state index is 12.3. The number of nitrogens with one attached hydrogen (secondary N) is 1. The Morgan fingerprint density at radius 3 is 2.10 bits per heavy atom. The molecule has 0 atom stereocenters. The van der Waals surface area contributed by atoms with E-state index in [4.69, 9.17) is 0 Å². The largest absolute Gasteiger partial charge is 0.351 e. The Morgan fingerprint density at radius 2 is 1.50 bits per heavy atom. The SMILES string of the molecule is CCN(CC)CCNC(=O)c1ccc(C=C(C)CCC=C(C)CCC=C(C)C)cc1. The second-order valence-electron chi connectivity index (χ2n) is 8.30. The van der Waals surface area contributed by atoms with E-state index in [1.165, 1.54) is 16.7 Å². The van der Waals surface area contributed by atoms with Crippen LogP contribution in [0.4, 0.5) is 0 Å². The summed E-state index contributed by atoms with van der Waals surface area (Å²) in [6, 6.07) is 7.89. The molecule has 0 unspecified atom stereocenters. The fourth-order valence-electron chi connectivity index (χ4n) is 3.29. The molecule has 0 heterocycles. The van der Waals surface area contributed by atoms with Crippen LogP contribution in [-0.4, -0.2) is 37.0 Å². The molecule has 0 aliphatic rings. The van der Waals surface area contributed by atoms with Gasteiger partial charge in [0.2, 0.25) is 0 Å². The number of carbonyl (C=O) groups excluding carboxylic acids is 1. The average molecular weight is 411 g/mol. The van der Waals surface area contributed by atoms with Crippen LogP contribution in [0.5, 0.6) is 0 Å². The number of likely N-dealkylation sites (N-methyl/N-ethyl adjacent to an activating group) is 1. The van der Waals surface area contributed by atoms with Crippen molar-refractivity contribution < 1.29 is 4.79 Å². The molecule has 0 aromatic heterocycles. The van der Waals surface area contributed by atoms with Gasteiger partial charge in [0.15, 0.2) is 0 Å². The molecular weight excluding hydrogens is 368 g/mol. The maximum absolute atomic E-state index is 12.3. The third-order valence-corrected chi connectivity index (χ3v) is 5.32. The minimum Gasteiger partial charge on any atom is -0.351 e. The number of rotatable bonds is 13. The first-order valence-electron chi connectivity index (χ1n) is 11.4. The average Bonchev–Trinajstić information content (AvgIpc) is 2.71. The second kappa shape index (κ2) is 14.8. The van der Waals surface area contributed by atoms with E-state index in [9.17, 15) is 4.79 Å². The van der Waals surface area contributed by atoms with E-state index in [-0.39, 0.29) is 5.91 Å². The van der Waals surface area contributed by atoms with Crippen LogP contribution in [0.15, 0.2) is 53.1 Å². The lowest BCUT2D eigenvalue weighted by Gasteiger charge is -2.17. The van der Waals surface area contributed by atoms with Gasteiger partial charge in [-0.05, 0) is 84.2 Å². The topological polar surface area (TPSA) is 32.3 Å². The van der Waals surface area contributed by atoms with Crippen molar-refractivity contribution in [2.24, 2.45) is 0 Å². The number of allylic oxidation sites excluding steroid dienone is 5. The highest BCUT2D eigenvalue weighted by molar-refractivity contribution is 5.94. The van der Waals surface area contributed by atoms with Crippen LogP contribution < -0.4 is 5.32 Å². The molecule has 1 aromatic carbocycles. The van der Waals surface area contributed by atoms with Crippen LogP contribution in [-0.2, 0) is 0 Å². The van der Waals surface area contributed by atoms with Gasteiger partial charge in [0.1, 0.15) is 0 Å². The molecule has 166 valence electrons. The van der Waals surface area contributed by atoms with E-state index < -0.39 is 0 Å². The lowest BCUT2D eigenvalue weighted by atomic mass is 10.0. The molecule has 1 amide bonds. The van der Waals surface area contributed by atoms with Crippen molar-refractivity contribution in [2.45, 2.75) is 67.2 Å². The molecule has 0 saturated heterocycles. The van der Waals surface area contributed by atoms with Gasteiger partial charge in [-0.15, -0.1) is 0 Å². The molecule has 0 spiro atoms. The number of amides is 1. The Bertz CT molecular complexity index is 718. The van der Waals surface area contributed by atoms with Crippen LogP contribution in [0, 0.1) is 0 Å². The summed E-state index contributed by atoms with van der Waals surface area (Å²) in [6.07, 6.45) is 11.3. The zero-order chi connectivity index (χ0) is 22.4. The number of carbonyl (C=O) groups is 1. The first-order chi connectivity index (χ1) is 14.3.